The number of anilines is 1. The first kappa shape index (κ1) is 17.9. The Balaban J connectivity index is 2.28. The third-order valence-corrected chi connectivity index (χ3v) is 3.31. The van der Waals surface area contributed by atoms with E-state index >= 15 is 0 Å². The van der Waals surface area contributed by atoms with E-state index in [0.29, 0.717) is 16.8 Å². The highest BCUT2D eigenvalue weighted by molar-refractivity contribution is 6.09. The zero-order chi connectivity index (χ0) is 18.2. The van der Waals surface area contributed by atoms with Gasteiger partial charge in [0.1, 0.15) is 5.70 Å². The third-order valence-electron chi connectivity index (χ3n) is 3.31. The van der Waals surface area contributed by atoms with Gasteiger partial charge in [-0.15, -0.1) is 0 Å². The fraction of sp³-hybridized carbons (Fsp3) is 0.105. The predicted molar refractivity (Wildman–Crippen MR) is 92.1 cm³/mol. The summed E-state index contributed by atoms with van der Waals surface area (Å²) in [5.74, 6) is -1.59. The van der Waals surface area contributed by atoms with Crippen LogP contribution in [0.4, 0.5) is 5.69 Å². The Morgan fingerprint density at radius 2 is 1.56 bits per heavy atom. The number of ketones is 1. The molecule has 2 aromatic carbocycles. The van der Waals surface area contributed by atoms with Gasteiger partial charge < -0.3 is 14.8 Å². The van der Waals surface area contributed by atoms with Crippen molar-refractivity contribution in [3.8, 4) is 0 Å². The molecule has 2 rings (SSSR count). The maximum atomic E-state index is 12.5. The molecule has 0 aromatic heterocycles. The van der Waals surface area contributed by atoms with Gasteiger partial charge in [-0.25, -0.2) is 9.59 Å². The molecule has 0 bridgehead atoms. The minimum absolute atomic E-state index is 0.0985. The van der Waals surface area contributed by atoms with E-state index in [9.17, 15) is 14.4 Å². The first-order valence-electron chi connectivity index (χ1n) is 7.40. The summed E-state index contributed by atoms with van der Waals surface area (Å²) in [5.41, 5.74) is 1.36. The van der Waals surface area contributed by atoms with Gasteiger partial charge in [-0.1, -0.05) is 42.5 Å². The molecule has 6 heteroatoms. The zero-order valence-corrected chi connectivity index (χ0v) is 13.8. The smallest absolute Gasteiger partial charge is 0.354 e. The predicted octanol–water partition coefficient (Wildman–Crippen LogP) is 2.56. The van der Waals surface area contributed by atoms with E-state index in [1.54, 1.807) is 48.5 Å². The normalized spacial score (nSPS) is 10.7. The Labute approximate surface area is 145 Å². The van der Waals surface area contributed by atoms with Crippen molar-refractivity contribution in [2.24, 2.45) is 0 Å². The van der Waals surface area contributed by atoms with E-state index in [1.807, 2.05) is 6.07 Å². The number of benzene rings is 2. The molecule has 0 unspecified atom stereocenters. The average Bonchev–Trinajstić information content (AvgIpc) is 2.67. The first-order valence-corrected chi connectivity index (χ1v) is 7.40. The van der Waals surface area contributed by atoms with Gasteiger partial charge in [0.15, 0.2) is 5.78 Å². The monoisotopic (exact) mass is 339 g/mol. The lowest BCUT2D eigenvalue weighted by Gasteiger charge is -2.10. The van der Waals surface area contributed by atoms with Gasteiger partial charge in [0.05, 0.1) is 20.3 Å². The molecule has 1 N–H and O–H groups in total. The summed E-state index contributed by atoms with van der Waals surface area (Å²) in [7, 11) is 2.40. The molecule has 0 atom stereocenters. The molecule has 0 saturated heterocycles. The van der Waals surface area contributed by atoms with Crippen molar-refractivity contribution >= 4 is 23.4 Å². The summed E-state index contributed by atoms with van der Waals surface area (Å²) in [6, 6.07) is 15.4. The van der Waals surface area contributed by atoms with E-state index in [-0.39, 0.29) is 11.5 Å². The number of nitrogens with one attached hydrogen (secondary N) is 1. The SMILES string of the molecule is COC(=O)/C=C(/Nc1cccc(C(=O)c2ccccc2)c1)C(=O)OC. The highest BCUT2D eigenvalue weighted by Gasteiger charge is 2.14. The molecule has 0 fully saturated rings. The largest absolute Gasteiger partial charge is 0.466 e. The van der Waals surface area contributed by atoms with E-state index in [2.05, 4.69) is 14.8 Å². The molecule has 0 aliphatic carbocycles. The van der Waals surface area contributed by atoms with Crippen LogP contribution in [0.2, 0.25) is 0 Å². The van der Waals surface area contributed by atoms with Gasteiger partial charge in [-0.2, -0.15) is 0 Å². The van der Waals surface area contributed by atoms with Crippen LogP contribution in [0.1, 0.15) is 15.9 Å². The molecule has 6 nitrogen and oxygen atoms in total. The van der Waals surface area contributed by atoms with Crippen molar-refractivity contribution in [2.45, 2.75) is 0 Å². The minimum Gasteiger partial charge on any atom is -0.466 e. The fourth-order valence-electron chi connectivity index (χ4n) is 2.08. The number of rotatable bonds is 6. The molecule has 0 aliphatic heterocycles. The van der Waals surface area contributed by atoms with Crippen LogP contribution in [0.3, 0.4) is 0 Å². The van der Waals surface area contributed by atoms with E-state index in [0.717, 1.165) is 6.08 Å². The Hall–Kier alpha value is -3.41. The molecule has 0 aliphatic rings. The lowest BCUT2D eigenvalue weighted by molar-refractivity contribution is -0.138. The van der Waals surface area contributed by atoms with E-state index < -0.39 is 11.9 Å². The Morgan fingerprint density at radius 3 is 2.20 bits per heavy atom. The second-order valence-corrected chi connectivity index (χ2v) is 4.97. The maximum absolute atomic E-state index is 12.5. The molecule has 0 spiro atoms. The molecule has 0 heterocycles. The summed E-state index contributed by atoms with van der Waals surface area (Å²) in [4.78, 5) is 35.7. The second kappa shape index (κ2) is 8.44. The average molecular weight is 339 g/mol. The molecule has 128 valence electrons. The van der Waals surface area contributed by atoms with Crippen molar-refractivity contribution in [2.75, 3.05) is 19.5 Å². The van der Waals surface area contributed by atoms with Gasteiger partial charge in [0.2, 0.25) is 0 Å². The van der Waals surface area contributed by atoms with E-state index in [1.165, 1.54) is 14.2 Å². The van der Waals surface area contributed by atoms with Crippen molar-refractivity contribution in [3.05, 3.63) is 77.5 Å². The second-order valence-electron chi connectivity index (χ2n) is 4.97. The summed E-state index contributed by atoms with van der Waals surface area (Å²) < 4.78 is 9.15. The number of methoxy groups -OCH3 is 2. The number of hydrogen-bond donors (Lipinski definition) is 1. The minimum atomic E-state index is -0.731. The Bertz CT molecular complexity index is 812. The van der Waals surface area contributed by atoms with Crippen LogP contribution in [0.15, 0.2) is 66.4 Å². The summed E-state index contributed by atoms with van der Waals surface area (Å²) in [6.45, 7) is 0. The lowest BCUT2D eigenvalue weighted by Crippen LogP contribution is -2.15. The van der Waals surface area contributed by atoms with E-state index in [4.69, 9.17) is 0 Å². The van der Waals surface area contributed by atoms with Crippen LogP contribution in [0.5, 0.6) is 0 Å². The van der Waals surface area contributed by atoms with Crippen molar-refractivity contribution in [1.29, 1.82) is 0 Å². The summed E-state index contributed by atoms with van der Waals surface area (Å²) in [6.07, 6.45) is 0.984. The molecule has 2 aromatic rings. The maximum Gasteiger partial charge on any atom is 0.354 e. The Morgan fingerprint density at radius 1 is 0.880 bits per heavy atom. The van der Waals surface area contributed by atoms with Crippen LogP contribution >= 0.6 is 0 Å². The number of esters is 2. The van der Waals surface area contributed by atoms with Crippen molar-refractivity contribution in [3.63, 3.8) is 0 Å². The van der Waals surface area contributed by atoms with Crippen LogP contribution in [-0.4, -0.2) is 31.9 Å². The third kappa shape index (κ3) is 4.78. The van der Waals surface area contributed by atoms with Crippen LogP contribution in [0.25, 0.3) is 0 Å². The van der Waals surface area contributed by atoms with Crippen LogP contribution in [-0.2, 0) is 19.1 Å². The fourth-order valence-corrected chi connectivity index (χ4v) is 2.08. The van der Waals surface area contributed by atoms with Gasteiger partial charge in [-0.3, -0.25) is 4.79 Å². The van der Waals surface area contributed by atoms with Crippen LogP contribution in [0, 0.1) is 0 Å². The van der Waals surface area contributed by atoms with Crippen molar-refractivity contribution in [1.82, 2.24) is 0 Å². The first-order chi connectivity index (χ1) is 12.0. The summed E-state index contributed by atoms with van der Waals surface area (Å²) >= 11 is 0. The highest BCUT2D eigenvalue weighted by Crippen LogP contribution is 2.17. The molecular weight excluding hydrogens is 322 g/mol. The quantitative estimate of drug-likeness (QED) is 0.495. The topological polar surface area (TPSA) is 81.7 Å². The zero-order valence-electron chi connectivity index (χ0n) is 13.8. The standard InChI is InChI=1S/C19H17NO5/c1-24-17(21)12-16(19(23)25-2)20-15-10-6-9-14(11-15)18(22)13-7-4-3-5-8-13/h3-12,20H,1-2H3/b16-12+. The van der Waals surface area contributed by atoms with Gasteiger partial charge in [0.25, 0.3) is 0 Å². The van der Waals surface area contributed by atoms with Crippen molar-refractivity contribution < 1.29 is 23.9 Å². The van der Waals surface area contributed by atoms with Gasteiger partial charge >= 0.3 is 11.9 Å². The number of carbonyl (C=O) groups is 3. The molecule has 0 amide bonds. The Kier molecular flexibility index (Phi) is 6.06. The van der Waals surface area contributed by atoms with Gasteiger partial charge in [-0.05, 0) is 12.1 Å². The number of ether oxygens (including phenoxy) is 2. The molecule has 0 saturated carbocycles. The van der Waals surface area contributed by atoms with Gasteiger partial charge in [0, 0.05) is 16.8 Å². The highest BCUT2D eigenvalue weighted by atomic mass is 16.5. The van der Waals surface area contributed by atoms with Crippen LogP contribution < -0.4 is 5.32 Å². The number of carbonyl (C=O) groups excluding carboxylic acids is 3. The molecule has 25 heavy (non-hydrogen) atoms. The lowest BCUT2D eigenvalue weighted by atomic mass is 10.0. The molecule has 0 radical (unpaired) electrons. The molecular formula is C19H17NO5. The summed E-state index contributed by atoms with van der Waals surface area (Å²) in [5, 5.41) is 2.78. The number of hydrogen-bond acceptors (Lipinski definition) is 6.